The quantitative estimate of drug-likeness (QED) is 0.418. The average molecular weight is 446 g/mol. The van der Waals surface area contributed by atoms with Gasteiger partial charge in [0, 0.05) is 11.8 Å². The Labute approximate surface area is 196 Å². The fourth-order valence-corrected chi connectivity index (χ4v) is 3.28. The van der Waals surface area contributed by atoms with Gasteiger partial charge in [0.1, 0.15) is 6.61 Å². The molecular formula is C28H31NO4. The van der Waals surface area contributed by atoms with E-state index in [-0.39, 0.29) is 11.3 Å². The van der Waals surface area contributed by atoms with E-state index in [0.717, 1.165) is 16.8 Å². The van der Waals surface area contributed by atoms with Crippen LogP contribution in [0.5, 0.6) is 17.2 Å². The molecule has 3 aromatic rings. The second kappa shape index (κ2) is 10.7. The molecule has 33 heavy (non-hydrogen) atoms. The van der Waals surface area contributed by atoms with E-state index in [1.54, 1.807) is 20.3 Å². The molecule has 0 radical (unpaired) electrons. The van der Waals surface area contributed by atoms with Crippen molar-refractivity contribution in [2.24, 2.45) is 0 Å². The molecule has 0 saturated heterocycles. The van der Waals surface area contributed by atoms with Crippen molar-refractivity contribution in [3.8, 4) is 17.2 Å². The third-order valence-corrected chi connectivity index (χ3v) is 5.15. The van der Waals surface area contributed by atoms with Gasteiger partial charge in [0.25, 0.3) is 0 Å². The largest absolute Gasteiger partial charge is 0.493 e. The Hall–Kier alpha value is -3.73. The van der Waals surface area contributed by atoms with Crippen LogP contribution in [-0.4, -0.2) is 20.1 Å². The highest BCUT2D eigenvalue weighted by molar-refractivity contribution is 6.02. The van der Waals surface area contributed by atoms with Crippen molar-refractivity contribution in [1.82, 2.24) is 0 Å². The molecule has 0 aromatic heterocycles. The molecule has 0 unspecified atom stereocenters. The van der Waals surface area contributed by atoms with E-state index < -0.39 is 0 Å². The van der Waals surface area contributed by atoms with Crippen LogP contribution in [0, 0.1) is 0 Å². The predicted molar refractivity (Wildman–Crippen MR) is 133 cm³/mol. The molecule has 3 aromatic carbocycles. The number of hydrogen-bond donors (Lipinski definition) is 1. The molecule has 0 fully saturated rings. The number of nitrogens with one attached hydrogen (secondary N) is 1. The van der Waals surface area contributed by atoms with Crippen molar-refractivity contribution in [2.75, 3.05) is 19.5 Å². The first-order valence-electron chi connectivity index (χ1n) is 10.8. The third kappa shape index (κ3) is 6.62. The van der Waals surface area contributed by atoms with Gasteiger partial charge < -0.3 is 19.5 Å². The first kappa shape index (κ1) is 23.9. The minimum absolute atomic E-state index is 0.0670. The van der Waals surface area contributed by atoms with Crippen LogP contribution in [0.25, 0.3) is 6.08 Å². The molecule has 0 atom stereocenters. The van der Waals surface area contributed by atoms with E-state index in [1.807, 2.05) is 66.7 Å². The van der Waals surface area contributed by atoms with Crippen LogP contribution in [0.15, 0.2) is 72.8 Å². The van der Waals surface area contributed by atoms with Crippen molar-refractivity contribution in [2.45, 2.75) is 32.8 Å². The highest BCUT2D eigenvalue weighted by Gasteiger charge is 2.15. The first-order chi connectivity index (χ1) is 15.8. The van der Waals surface area contributed by atoms with Crippen LogP contribution in [0.2, 0.25) is 0 Å². The number of carbonyl (C=O) groups excluding carboxylic acids is 1. The van der Waals surface area contributed by atoms with Gasteiger partial charge in [-0.05, 0) is 52.4 Å². The van der Waals surface area contributed by atoms with Gasteiger partial charge in [-0.2, -0.15) is 0 Å². The number of carbonyl (C=O) groups is 1. The van der Waals surface area contributed by atoms with Gasteiger partial charge in [0.2, 0.25) is 11.7 Å². The highest BCUT2D eigenvalue weighted by Crippen LogP contribution is 2.39. The lowest BCUT2D eigenvalue weighted by atomic mass is 9.87. The van der Waals surface area contributed by atoms with Gasteiger partial charge in [0.05, 0.1) is 14.2 Å². The summed E-state index contributed by atoms with van der Waals surface area (Å²) in [5.41, 5.74) is 3.83. The Bertz CT molecular complexity index is 1070. The van der Waals surface area contributed by atoms with Gasteiger partial charge in [-0.3, -0.25) is 4.79 Å². The minimum Gasteiger partial charge on any atom is -0.493 e. The molecule has 0 bridgehead atoms. The van der Waals surface area contributed by atoms with E-state index in [4.69, 9.17) is 14.2 Å². The maximum Gasteiger partial charge on any atom is 0.248 e. The number of amides is 1. The summed E-state index contributed by atoms with van der Waals surface area (Å²) in [6, 6.07) is 21.4. The SMILES string of the molecule is COc1cc(/C=C/C(=O)Nc2ccc(C(C)(C)C)cc2)cc(OC)c1OCc1ccccc1. The van der Waals surface area contributed by atoms with Crippen molar-refractivity contribution >= 4 is 17.7 Å². The summed E-state index contributed by atoms with van der Waals surface area (Å²) in [6.07, 6.45) is 3.20. The van der Waals surface area contributed by atoms with Crippen LogP contribution < -0.4 is 19.5 Å². The van der Waals surface area contributed by atoms with Crippen LogP contribution in [-0.2, 0) is 16.8 Å². The zero-order valence-corrected chi connectivity index (χ0v) is 19.8. The lowest BCUT2D eigenvalue weighted by Gasteiger charge is -2.19. The fraction of sp³-hybridized carbons (Fsp3) is 0.250. The molecule has 0 aliphatic carbocycles. The second-order valence-electron chi connectivity index (χ2n) is 8.68. The van der Waals surface area contributed by atoms with Crippen LogP contribution in [0.4, 0.5) is 5.69 Å². The lowest BCUT2D eigenvalue weighted by molar-refractivity contribution is -0.111. The molecule has 0 spiro atoms. The van der Waals surface area contributed by atoms with Crippen LogP contribution >= 0.6 is 0 Å². The summed E-state index contributed by atoms with van der Waals surface area (Å²) in [6.45, 7) is 6.86. The molecule has 172 valence electrons. The van der Waals surface area contributed by atoms with E-state index in [9.17, 15) is 4.79 Å². The number of methoxy groups -OCH3 is 2. The molecule has 3 rings (SSSR count). The van der Waals surface area contributed by atoms with Gasteiger partial charge in [0.15, 0.2) is 11.5 Å². The second-order valence-corrected chi connectivity index (χ2v) is 8.68. The lowest BCUT2D eigenvalue weighted by Crippen LogP contribution is -2.12. The Morgan fingerprint density at radius 1 is 0.909 bits per heavy atom. The summed E-state index contributed by atoms with van der Waals surface area (Å²) in [7, 11) is 3.15. The summed E-state index contributed by atoms with van der Waals surface area (Å²) in [5, 5.41) is 2.88. The average Bonchev–Trinajstić information content (AvgIpc) is 2.81. The highest BCUT2D eigenvalue weighted by atomic mass is 16.5. The Kier molecular flexibility index (Phi) is 7.78. The van der Waals surface area contributed by atoms with E-state index in [2.05, 4.69) is 26.1 Å². The summed E-state index contributed by atoms with van der Waals surface area (Å²) >= 11 is 0. The third-order valence-electron chi connectivity index (χ3n) is 5.15. The predicted octanol–water partition coefficient (Wildman–Crippen LogP) is 6.23. The van der Waals surface area contributed by atoms with Crippen LogP contribution in [0.1, 0.15) is 37.5 Å². The Morgan fingerprint density at radius 3 is 2.06 bits per heavy atom. The van der Waals surface area contributed by atoms with Crippen molar-refractivity contribution in [3.05, 3.63) is 89.5 Å². The molecule has 1 amide bonds. The minimum atomic E-state index is -0.221. The first-order valence-corrected chi connectivity index (χ1v) is 10.8. The summed E-state index contributed by atoms with van der Waals surface area (Å²) < 4.78 is 17.0. The zero-order valence-electron chi connectivity index (χ0n) is 19.8. The number of hydrogen-bond acceptors (Lipinski definition) is 4. The number of benzene rings is 3. The molecule has 1 N–H and O–H groups in total. The van der Waals surface area contributed by atoms with E-state index >= 15 is 0 Å². The van der Waals surface area contributed by atoms with Crippen molar-refractivity contribution in [3.63, 3.8) is 0 Å². The summed E-state index contributed by atoms with van der Waals surface area (Å²) in [4.78, 5) is 12.4. The monoisotopic (exact) mass is 445 g/mol. The number of ether oxygens (including phenoxy) is 3. The van der Waals surface area contributed by atoms with Gasteiger partial charge in [-0.25, -0.2) is 0 Å². The topological polar surface area (TPSA) is 56.8 Å². The Balaban J connectivity index is 1.71. The zero-order chi connectivity index (χ0) is 23.8. The van der Waals surface area contributed by atoms with Gasteiger partial charge in [-0.1, -0.05) is 63.2 Å². The molecule has 0 aliphatic heterocycles. The van der Waals surface area contributed by atoms with Gasteiger partial charge >= 0.3 is 0 Å². The Morgan fingerprint density at radius 2 is 1.52 bits per heavy atom. The number of anilines is 1. The van der Waals surface area contributed by atoms with Crippen molar-refractivity contribution in [1.29, 1.82) is 0 Å². The van der Waals surface area contributed by atoms with Gasteiger partial charge in [-0.15, -0.1) is 0 Å². The van der Waals surface area contributed by atoms with E-state index in [0.29, 0.717) is 23.9 Å². The van der Waals surface area contributed by atoms with Crippen molar-refractivity contribution < 1.29 is 19.0 Å². The molecule has 0 heterocycles. The maximum absolute atomic E-state index is 12.4. The summed E-state index contributed by atoms with van der Waals surface area (Å²) in [5.74, 6) is 1.36. The normalized spacial score (nSPS) is 11.3. The standard InChI is InChI=1S/C28H31NO4/c1-28(2,3)22-12-14-23(15-13-22)29-26(30)16-11-21-17-24(31-4)27(25(18-21)32-5)33-19-20-9-7-6-8-10-20/h6-18H,19H2,1-5H3,(H,29,30)/b16-11+. The van der Waals surface area contributed by atoms with E-state index in [1.165, 1.54) is 11.6 Å². The molecule has 5 heteroatoms. The smallest absolute Gasteiger partial charge is 0.248 e. The molecular weight excluding hydrogens is 414 g/mol. The number of rotatable bonds is 8. The molecule has 5 nitrogen and oxygen atoms in total. The maximum atomic E-state index is 12.4. The fourth-order valence-electron chi connectivity index (χ4n) is 3.28. The molecule has 0 aliphatic rings. The molecule has 0 saturated carbocycles. The van der Waals surface area contributed by atoms with Crippen LogP contribution in [0.3, 0.4) is 0 Å².